The summed E-state index contributed by atoms with van der Waals surface area (Å²) in [6.07, 6.45) is 4.37. The van der Waals surface area contributed by atoms with Crippen molar-refractivity contribution in [2.75, 3.05) is 13.2 Å². The molecular weight excluding hydrogens is 222 g/mol. The third kappa shape index (κ3) is 1.72. The van der Waals surface area contributed by atoms with Crippen LogP contribution in [0.3, 0.4) is 0 Å². The molecule has 0 bridgehead atoms. The minimum atomic E-state index is 0.576. The molecule has 1 aromatic carbocycles. The maximum atomic E-state index is 5.98. The number of ether oxygens (including phenoxy) is 1. The van der Waals surface area contributed by atoms with Gasteiger partial charge in [-0.3, -0.25) is 0 Å². The van der Waals surface area contributed by atoms with Crippen LogP contribution in [-0.2, 0) is 4.74 Å². The van der Waals surface area contributed by atoms with Crippen LogP contribution in [-0.4, -0.2) is 17.8 Å². The minimum absolute atomic E-state index is 0.576. The molecule has 16 heavy (non-hydrogen) atoms. The Kier molecular flexibility index (Phi) is 2.62. The second kappa shape index (κ2) is 4.11. The Bertz CT molecular complexity index is 500. The van der Waals surface area contributed by atoms with Crippen LogP contribution in [0.25, 0.3) is 10.9 Å². The van der Waals surface area contributed by atoms with E-state index in [-0.39, 0.29) is 0 Å². The highest BCUT2D eigenvalue weighted by molar-refractivity contribution is 6.31. The standard InChI is InChI=1S/C13H14ClNO/c14-11-1-2-13-10(9-11)3-6-15(13)12-4-7-16-8-5-12/h1-3,6,9,12H,4-5,7-8H2. The van der Waals surface area contributed by atoms with Gasteiger partial charge in [0, 0.05) is 41.4 Å². The molecule has 3 heteroatoms. The quantitative estimate of drug-likeness (QED) is 0.736. The van der Waals surface area contributed by atoms with Crippen molar-refractivity contribution in [3.05, 3.63) is 35.5 Å². The van der Waals surface area contributed by atoms with Gasteiger partial charge in [0.05, 0.1) is 0 Å². The average molecular weight is 236 g/mol. The van der Waals surface area contributed by atoms with Crippen LogP contribution in [0.2, 0.25) is 5.02 Å². The molecule has 1 saturated heterocycles. The van der Waals surface area contributed by atoms with Crippen molar-refractivity contribution < 1.29 is 4.74 Å². The van der Waals surface area contributed by atoms with Gasteiger partial charge in [0.1, 0.15) is 0 Å². The summed E-state index contributed by atoms with van der Waals surface area (Å²) >= 11 is 5.98. The van der Waals surface area contributed by atoms with Gasteiger partial charge in [-0.05, 0) is 37.1 Å². The van der Waals surface area contributed by atoms with Crippen LogP contribution in [0.1, 0.15) is 18.9 Å². The van der Waals surface area contributed by atoms with Gasteiger partial charge in [-0.25, -0.2) is 0 Å². The van der Waals surface area contributed by atoms with Crippen LogP contribution in [0, 0.1) is 0 Å². The van der Waals surface area contributed by atoms with E-state index in [0.29, 0.717) is 6.04 Å². The van der Waals surface area contributed by atoms with Gasteiger partial charge in [0.25, 0.3) is 0 Å². The van der Waals surface area contributed by atoms with Crippen LogP contribution in [0.15, 0.2) is 30.5 Å². The molecule has 1 aliphatic heterocycles. The second-order valence-electron chi connectivity index (χ2n) is 4.27. The van der Waals surface area contributed by atoms with E-state index in [9.17, 15) is 0 Å². The molecule has 0 amide bonds. The first-order valence-electron chi connectivity index (χ1n) is 5.68. The van der Waals surface area contributed by atoms with Crippen molar-refractivity contribution in [3.8, 4) is 0 Å². The molecule has 2 nitrogen and oxygen atoms in total. The van der Waals surface area contributed by atoms with Crippen molar-refractivity contribution in [2.45, 2.75) is 18.9 Å². The van der Waals surface area contributed by atoms with E-state index in [4.69, 9.17) is 16.3 Å². The van der Waals surface area contributed by atoms with Gasteiger partial charge in [0.15, 0.2) is 0 Å². The fraction of sp³-hybridized carbons (Fsp3) is 0.385. The summed E-state index contributed by atoms with van der Waals surface area (Å²) < 4.78 is 7.75. The van der Waals surface area contributed by atoms with E-state index in [2.05, 4.69) is 22.9 Å². The fourth-order valence-electron chi connectivity index (χ4n) is 2.42. The summed E-state index contributed by atoms with van der Waals surface area (Å²) in [5.74, 6) is 0. The molecule has 0 aliphatic carbocycles. The molecule has 0 saturated carbocycles. The van der Waals surface area contributed by atoms with E-state index in [1.807, 2.05) is 12.1 Å². The summed E-state index contributed by atoms with van der Waals surface area (Å²) in [6.45, 7) is 1.75. The van der Waals surface area contributed by atoms with Gasteiger partial charge in [-0.15, -0.1) is 0 Å². The first kappa shape index (κ1) is 10.2. The number of benzene rings is 1. The van der Waals surface area contributed by atoms with Gasteiger partial charge >= 0.3 is 0 Å². The third-order valence-corrected chi connectivity index (χ3v) is 3.50. The summed E-state index contributed by atoms with van der Waals surface area (Å²) in [5.41, 5.74) is 1.27. The van der Waals surface area contributed by atoms with E-state index in [1.54, 1.807) is 0 Å². The molecule has 84 valence electrons. The van der Waals surface area contributed by atoms with Gasteiger partial charge in [-0.2, -0.15) is 0 Å². The molecule has 0 N–H and O–H groups in total. The third-order valence-electron chi connectivity index (χ3n) is 3.27. The zero-order valence-electron chi connectivity index (χ0n) is 9.03. The Labute approximate surface area is 99.8 Å². The molecule has 1 aliphatic rings. The number of rotatable bonds is 1. The molecule has 0 unspecified atom stereocenters. The largest absolute Gasteiger partial charge is 0.381 e. The molecule has 2 aromatic rings. The van der Waals surface area contributed by atoms with Gasteiger partial charge in [0.2, 0.25) is 0 Å². The topological polar surface area (TPSA) is 14.2 Å². The lowest BCUT2D eigenvalue weighted by Gasteiger charge is -2.24. The minimum Gasteiger partial charge on any atom is -0.381 e. The van der Waals surface area contributed by atoms with E-state index in [1.165, 1.54) is 10.9 Å². The lowest BCUT2D eigenvalue weighted by atomic mass is 10.1. The van der Waals surface area contributed by atoms with Crippen molar-refractivity contribution in [1.82, 2.24) is 4.57 Å². The lowest BCUT2D eigenvalue weighted by Crippen LogP contribution is -2.18. The predicted octanol–water partition coefficient (Wildman–Crippen LogP) is 3.65. The average Bonchev–Trinajstić information content (AvgIpc) is 2.73. The normalized spacial score (nSPS) is 18.1. The number of fused-ring (bicyclic) bond motifs is 1. The maximum Gasteiger partial charge on any atom is 0.0485 e. The molecule has 2 heterocycles. The van der Waals surface area contributed by atoms with Gasteiger partial charge in [-0.1, -0.05) is 11.6 Å². The lowest BCUT2D eigenvalue weighted by molar-refractivity contribution is 0.0707. The number of nitrogens with zero attached hydrogens (tertiary/aromatic N) is 1. The highest BCUT2D eigenvalue weighted by Gasteiger charge is 2.16. The number of hydrogen-bond donors (Lipinski definition) is 0. The zero-order valence-corrected chi connectivity index (χ0v) is 9.78. The van der Waals surface area contributed by atoms with Crippen LogP contribution >= 0.6 is 11.6 Å². The Balaban J connectivity index is 2.03. The van der Waals surface area contributed by atoms with E-state index >= 15 is 0 Å². The van der Waals surface area contributed by atoms with Crippen molar-refractivity contribution >= 4 is 22.5 Å². The Morgan fingerprint density at radius 1 is 1.19 bits per heavy atom. The molecular formula is C13H14ClNO. The first-order valence-corrected chi connectivity index (χ1v) is 6.06. The van der Waals surface area contributed by atoms with E-state index in [0.717, 1.165) is 31.1 Å². The summed E-state index contributed by atoms with van der Waals surface area (Å²) in [7, 11) is 0. The fourth-order valence-corrected chi connectivity index (χ4v) is 2.60. The smallest absolute Gasteiger partial charge is 0.0485 e. The summed E-state index contributed by atoms with van der Waals surface area (Å²) in [4.78, 5) is 0. The first-order chi connectivity index (χ1) is 7.84. The molecule has 0 spiro atoms. The number of hydrogen-bond acceptors (Lipinski definition) is 1. The van der Waals surface area contributed by atoms with Crippen molar-refractivity contribution in [2.24, 2.45) is 0 Å². The van der Waals surface area contributed by atoms with Crippen LogP contribution in [0.5, 0.6) is 0 Å². The zero-order chi connectivity index (χ0) is 11.0. The monoisotopic (exact) mass is 235 g/mol. The second-order valence-corrected chi connectivity index (χ2v) is 4.71. The summed E-state index contributed by atoms with van der Waals surface area (Å²) in [5, 5.41) is 2.02. The predicted molar refractivity (Wildman–Crippen MR) is 66.0 cm³/mol. The van der Waals surface area contributed by atoms with E-state index < -0.39 is 0 Å². The molecule has 0 atom stereocenters. The molecule has 3 rings (SSSR count). The molecule has 1 aromatic heterocycles. The Morgan fingerprint density at radius 2 is 2.00 bits per heavy atom. The van der Waals surface area contributed by atoms with Crippen LogP contribution in [0.4, 0.5) is 0 Å². The Morgan fingerprint density at radius 3 is 2.81 bits per heavy atom. The van der Waals surface area contributed by atoms with Crippen molar-refractivity contribution in [3.63, 3.8) is 0 Å². The van der Waals surface area contributed by atoms with Crippen LogP contribution < -0.4 is 0 Å². The highest BCUT2D eigenvalue weighted by Crippen LogP contribution is 2.28. The molecule has 0 radical (unpaired) electrons. The van der Waals surface area contributed by atoms with Gasteiger partial charge < -0.3 is 9.30 Å². The summed E-state index contributed by atoms with van der Waals surface area (Å²) in [6, 6.07) is 8.79. The highest BCUT2D eigenvalue weighted by atomic mass is 35.5. The number of aromatic nitrogens is 1. The Hall–Kier alpha value is -0.990. The maximum absolute atomic E-state index is 5.98. The number of halogens is 1. The molecule has 1 fully saturated rings. The SMILES string of the molecule is Clc1ccc2c(ccn2C2CCOCC2)c1. The van der Waals surface area contributed by atoms with Crippen molar-refractivity contribution in [1.29, 1.82) is 0 Å².